The maximum absolute atomic E-state index is 13.0. The van der Waals surface area contributed by atoms with E-state index in [1.54, 1.807) is 6.07 Å². The van der Waals surface area contributed by atoms with Gasteiger partial charge in [-0.3, -0.25) is 9.10 Å². The standard InChI is InChI=1S/C22H36N2O4S/c1-20(2,3)14-22(7,8)23-19(25)18-13-24(29(9,26)27)16-12-15(21(4,5)6)10-11-17(16)28-18/h10-12,18H,13-14H2,1-9H3,(H,23,25). The van der Waals surface area contributed by atoms with E-state index in [0.717, 1.165) is 18.2 Å². The van der Waals surface area contributed by atoms with Gasteiger partial charge in [-0.2, -0.15) is 0 Å². The Morgan fingerprint density at radius 2 is 1.72 bits per heavy atom. The van der Waals surface area contributed by atoms with Crippen LogP contribution in [0.5, 0.6) is 5.75 Å². The normalized spacial score (nSPS) is 18.1. The van der Waals surface area contributed by atoms with E-state index in [1.807, 2.05) is 26.0 Å². The fraction of sp³-hybridized carbons (Fsp3) is 0.682. The van der Waals surface area contributed by atoms with Crippen molar-refractivity contribution >= 4 is 21.6 Å². The number of ether oxygens (including phenoxy) is 1. The molecule has 0 aliphatic carbocycles. The first-order valence-corrected chi connectivity index (χ1v) is 11.8. The number of anilines is 1. The molecule has 0 spiro atoms. The maximum atomic E-state index is 13.0. The van der Waals surface area contributed by atoms with Crippen molar-refractivity contribution in [3.05, 3.63) is 23.8 Å². The molecule has 0 fully saturated rings. The van der Waals surface area contributed by atoms with E-state index in [0.29, 0.717) is 11.4 Å². The molecule has 0 bridgehead atoms. The van der Waals surface area contributed by atoms with Crippen molar-refractivity contribution in [3.8, 4) is 5.75 Å². The molecule has 2 rings (SSSR count). The monoisotopic (exact) mass is 424 g/mol. The molecule has 1 N–H and O–H groups in total. The smallest absolute Gasteiger partial charge is 0.263 e. The number of rotatable bonds is 4. The highest BCUT2D eigenvalue weighted by Gasteiger charge is 2.38. The Morgan fingerprint density at radius 3 is 2.21 bits per heavy atom. The summed E-state index contributed by atoms with van der Waals surface area (Å²) >= 11 is 0. The molecule has 1 aromatic carbocycles. The number of hydrogen-bond donors (Lipinski definition) is 1. The van der Waals surface area contributed by atoms with Crippen LogP contribution < -0.4 is 14.4 Å². The molecule has 164 valence electrons. The molecular weight excluding hydrogens is 388 g/mol. The lowest BCUT2D eigenvalue weighted by Crippen LogP contribution is -2.55. The zero-order chi connectivity index (χ0) is 22.4. The second-order valence-electron chi connectivity index (χ2n) is 10.9. The summed E-state index contributed by atoms with van der Waals surface area (Å²) in [5.74, 6) is 0.0990. The van der Waals surface area contributed by atoms with Gasteiger partial charge in [0.15, 0.2) is 6.10 Å². The van der Waals surface area contributed by atoms with Crippen LogP contribution in [0.25, 0.3) is 0 Å². The van der Waals surface area contributed by atoms with Gasteiger partial charge in [0.1, 0.15) is 5.75 Å². The van der Waals surface area contributed by atoms with Gasteiger partial charge in [0.25, 0.3) is 5.91 Å². The lowest BCUT2D eigenvalue weighted by Gasteiger charge is -2.38. The number of sulfonamides is 1. The van der Waals surface area contributed by atoms with Crippen molar-refractivity contribution in [2.75, 3.05) is 17.1 Å². The summed E-state index contributed by atoms with van der Waals surface area (Å²) < 4.78 is 32.2. The maximum Gasteiger partial charge on any atom is 0.263 e. The largest absolute Gasteiger partial charge is 0.476 e. The number of nitrogens with one attached hydrogen (secondary N) is 1. The predicted octanol–water partition coefficient (Wildman–Crippen LogP) is 3.84. The number of hydrogen-bond acceptors (Lipinski definition) is 4. The van der Waals surface area contributed by atoms with Crippen LogP contribution in [-0.4, -0.2) is 38.8 Å². The lowest BCUT2D eigenvalue weighted by molar-refractivity contribution is -0.129. The van der Waals surface area contributed by atoms with Gasteiger partial charge in [-0.15, -0.1) is 0 Å². The Bertz CT molecular complexity index is 877. The summed E-state index contributed by atoms with van der Waals surface area (Å²) in [6.45, 7) is 16.4. The van der Waals surface area contributed by atoms with Crippen LogP contribution in [0.4, 0.5) is 5.69 Å². The number of carbonyl (C=O) groups is 1. The minimum atomic E-state index is -3.57. The summed E-state index contributed by atoms with van der Waals surface area (Å²) in [4.78, 5) is 13.0. The van der Waals surface area contributed by atoms with Gasteiger partial charge in [0, 0.05) is 5.54 Å². The summed E-state index contributed by atoms with van der Waals surface area (Å²) in [6.07, 6.45) is 1.03. The molecule has 1 heterocycles. The van der Waals surface area contributed by atoms with Gasteiger partial charge in [-0.1, -0.05) is 47.6 Å². The number of nitrogens with zero attached hydrogens (tertiary/aromatic N) is 1. The van der Waals surface area contributed by atoms with E-state index >= 15 is 0 Å². The molecule has 29 heavy (non-hydrogen) atoms. The van der Waals surface area contributed by atoms with Crippen LogP contribution in [0.1, 0.15) is 67.4 Å². The van der Waals surface area contributed by atoms with Crippen molar-refractivity contribution in [3.63, 3.8) is 0 Å². The average molecular weight is 425 g/mol. The van der Waals surface area contributed by atoms with Crippen LogP contribution in [0.15, 0.2) is 18.2 Å². The SMILES string of the molecule is CC(C)(C)CC(C)(C)NC(=O)C1CN(S(C)(=O)=O)c2cc(C(C)(C)C)ccc2O1. The van der Waals surface area contributed by atoms with Gasteiger partial charge >= 0.3 is 0 Å². The molecule has 1 atom stereocenters. The van der Waals surface area contributed by atoms with Crippen LogP contribution >= 0.6 is 0 Å². The number of fused-ring (bicyclic) bond motifs is 1. The van der Waals surface area contributed by atoms with Gasteiger partial charge < -0.3 is 10.1 Å². The number of amides is 1. The predicted molar refractivity (Wildman–Crippen MR) is 118 cm³/mol. The molecule has 1 aromatic rings. The Kier molecular flexibility index (Phi) is 6.07. The number of carbonyl (C=O) groups excluding carboxylic acids is 1. The van der Waals surface area contributed by atoms with E-state index in [-0.39, 0.29) is 23.3 Å². The molecule has 1 amide bonds. The fourth-order valence-corrected chi connectivity index (χ4v) is 4.86. The first kappa shape index (κ1) is 23.5. The zero-order valence-electron chi connectivity index (χ0n) is 19.2. The zero-order valence-corrected chi connectivity index (χ0v) is 20.0. The average Bonchev–Trinajstić information content (AvgIpc) is 2.48. The fourth-order valence-electron chi connectivity index (χ4n) is 3.95. The summed E-state index contributed by atoms with van der Waals surface area (Å²) in [6, 6.07) is 5.52. The van der Waals surface area contributed by atoms with Gasteiger partial charge in [-0.05, 0) is 48.8 Å². The topological polar surface area (TPSA) is 75.7 Å². The third-order valence-electron chi connectivity index (χ3n) is 4.82. The quantitative estimate of drug-likeness (QED) is 0.797. The molecule has 0 aromatic heterocycles. The minimum absolute atomic E-state index is 0.0406. The van der Waals surface area contributed by atoms with E-state index in [9.17, 15) is 13.2 Å². The minimum Gasteiger partial charge on any atom is -0.476 e. The first-order valence-electron chi connectivity index (χ1n) is 10.0. The Labute approximate surface area is 176 Å². The Balaban J connectivity index is 2.34. The molecular formula is C22H36N2O4S. The molecule has 1 unspecified atom stereocenters. The molecule has 7 heteroatoms. The molecule has 1 aliphatic rings. The van der Waals surface area contributed by atoms with E-state index in [4.69, 9.17) is 4.74 Å². The van der Waals surface area contributed by atoms with Gasteiger partial charge in [0.05, 0.1) is 18.5 Å². The molecule has 6 nitrogen and oxygen atoms in total. The van der Waals surface area contributed by atoms with Crippen LogP contribution in [-0.2, 0) is 20.2 Å². The summed E-state index contributed by atoms with van der Waals surface area (Å²) in [7, 11) is -3.57. The third kappa shape index (κ3) is 6.11. The van der Waals surface area contributed by atoms with E-state index < -0.39 is 21.7 Å². The van der Waals surface area contributed by atoms with Crippen LogP contribution in [0.2, 0.25) is 0 Å². The van der Waals surface area contributed by atoms with Crippen molar-refractivity contribution in [1.29, 1.82) is 0 Å². The highest BCUT2D eigenvalue weighted by atomic mass is 32.2. The number of benzene rings is 1. The molecule has 0 radical (unpaired) electrons. The highest BCUT2D eigenvalue weighted by molar-refractivity contribution is 7.92. The summed E-state index contributed by atoms with van der Waals surface area (Å²) in [5, 5.41) is 3.04. The van der Waals surface area contributed by atoms with E-state index in [1.165, 1.54) is 4.31 Å². The van der Waals surface area contributed by atoms with Gasteiger partial charge in [-0.25, -0.2) is 8.42 Å². The second kappa shape index (κ2) is 7.49. The first-order chi connectivity index (χ1) is 12.9. The lowest BCUT2D eigenvalue weighted by atomic mass is 9.81. The third-order valence-corrected chi connectivity index (χ3v) is 5.97. The van der Waals surface area contributed by atoms with Gasteiger partial charge in [0.2, 0.25) is 10.0 Å². The Morgan fingerprint density at radius 1 is 1.14 bits per heavy atom. The van der Waals surface area contributed by atoms with Crippen LogP contribution in [0, 0.1) is 5.41 Å². The molecule has 1 aliphatic heterocycles. The van der Waals surface area contributed by atoms with Crippen molar-refractivity contribution in [1.82, 2.24) is 5.32 Å². The summed E-state index contributed by atoms with van der Waals surface area (Å²) in [5.41, 5.74) is 0.952. The van der Waals surface area contributed by atoms with Crippen LogP contribution in [0.3, 0.4) is 0 Å². The van der Waals surface area contributed by atoms with Crippen molar-refractivity contribution in [2.45, 2.75) is 78.9 Å². The van der Waals surface area contributed by atoms with Crippen molar-refractivity contribution in [2.24, 2.45) is 5.41 Å². The highest BCUT2D eigenvalue weighted by Crippen LogP contribution is 2.38. The van der Waals surface area contributed by atoms with Crippen molar-refractivity contribution < 1.29 is 17.9 Å². The Hall–Kier alpha value is -1.76. The molecule has 0 saturated carbocycles. The molecule has 0 saturated heterocycles. The second-order valence-corrected chi connectivity index (χ2v) is 12.9. The van der Waals surface area contributed by atoms with E-state index in [2.05, 4.69) is 46.9 Å².